The lowest BCUT2D eigenvalue weighted by Gasteiger charge is -2.29. The third-order valence-corrected chi connectivity index (χ3v) is 4.89. The van der Waals surface area contributed by atoms with Gasteiger partial charge in [0.2, 0.25) is 0 Å². The van der Waals surface area contributed by atoms with Crippen LogP contribution in [0.3, 0.4) is 0 Å². The Hall–Kier alpha value is -0.590. The number of carbonyl (C=O) groups is 1. The number of ketones is 1. The van der Waals surface area contributed by atoms with Crippen LogP contribution < -0.4 is 0 Å². The fourth-order valence-corrected chi connectivity index (χ4v) is 4.09. The Morgan fingerprint density at radius 2 is 2.07 bits per heavy atom. The first-order chi connectivity index (χ1) is 6.51. The van der Waals surface area contributed by atoms with E-state index in [-0.39, 0.29) is 0 Å². The molecule has 2 saturated carbocycles. The summed E-state index contributed by atoms with van der Waals surface area (Å²) in [5.74, 6) is 3.47. The fraction of sp³-hybridized carbons (Fsp3) is 0.769. The highest BCUT2D eigenvalue weighted by atomic mass is 16.1. The number of allylic oxidation sites excluding steroid dienone is 2. The SMILES string of the molecule is C[C@H]1CC(=O)C=C2C[C@@H]3C([C@@H]21)C3(C)C. The molecular formula is C13H18O. The molecule has 0 N–H and O–H groups in total. The first-order valence-corrected chi connectivity index (χ1v) is 5.75. The molecule has 0 spiro atoms. The largest absolute Gasteiger partial charge is 0.295 e. The lowest BCUT2D eigenvalue weighted by Crippen LogP contribution is -2.24. The molecule has 0 aromatic rings. The second kappa shape index (κ2) is 2.32. The first-order valence-electron chi connectivity index (χ1n) is 5.75. The molecule has 1 unspecified atom stereocenters. The van der Waals surface area contributed by atoms with E-state index in [2.05, 4.69) is 20.8 Å². The third kappa shape index (κ3) is 0.884. The average Bonchev–Trinajstić information content (AvgIpc) is 2.48. The molecule has 3 rings (SSSR count). The smallest absolute Gasteiger partial charge is 0.155 e. The maximum atomic E-state index is 11.4. The van der Waals surface area contributed by atoms with Crippen LogP contribution in [0.15, 0.2) is 11.6 Å². The summed E-state index contributed by atoms with van der Waals surface area (Å²) >= 11 is 0. The molecule has 0 amide bonds. The second-order valence-corrected chi connectivity index (χ2v) is 6.05. The van der Waals surface area contributed by atoms with Crippen molar-refractivity contribution in [3.05, 3.63) is 11.6 Å². The van der Waals surface area contributed by atoms with E-state index in [1.54, 1.807) is 0 Å². The zero-order valence-corrected chi connectivity index (χ0v) is 9.21. The summed E-state index contributed by atoms with van der Waals surface area (Å²) in [5.41, 5.74) is 2.04. The van der Waals surface area contributed by atoms with Crippen molar-refractivity contribution in [2.24, 2.45) is 29.1 Å². The van der Waals surface area contributed by atoms with Crippen LogP contribution >= 0.6 is 0 Å². The summed E-state index contributed by atoms with van der Waals surface area (Å²) < 4.78 is 0. The van der Waals surface area contributed by atoms with Gasteiger partial charge in [0.1, 0.15) is 0 Å². The number of carbonyl (C=O) groups excluding carboxylic acids is 1. The Bertz CT molecular complexity index is 337. The summed E-state index contributed by atoms with van der Waals surface area (Å²) in [7, 11) is 0. The van der Waals surface area contributed by atoms with E-state index in [4.69, 9.17) is 0 Å². The monoisotopic (exact) mass is 190 g/mol. The highest BCUT2D eigenvalue weighted by Gasteiger charge is 2.66. The van der Waals surface area contributed by atoms with E-state index in [1.807, 2.05) is 6.08 Å². The Labute approximate surface area is 85.6 Å². The summed E-state index contributed by atoms with van der Waals surface area (Å²) in [6.07, 6.45) is 3.94. The van der Waals surface area contributed by atoms with Gasteiger partial charge in [0, 0.05) is 6.42 Å². The van der Waals surface area contributed by atoms with Crippen LogP contribution in [0.2, 0.25) is 0 Å². The zero-order valence-electron chi connectivity index (χ0n) is 9.21. The molecule has 1 heteroatoms. The van der Waals surface area contributed by atoms with Crippen LogP contribution in [0.25, 0.3) is 0 Å². The molecule has 0 saturated heterocycles. The molecule has 1 nitrogen and oxygen atoms in total. The van der Waals surface area contributed by atoms with E-state index in [9.17, 15) is 4.79 Å². The Balaban J connectivity index is 1.96. The Morgan fingerprint density at radius 3 is 2.79 bits per heavy atom. The lowest BCUT2D eigenvalue weighted by atomic mass is 9.75. The Kier molecular flexibility index (Phi) is 1.44. The van der Waals surface area contributed by atoms with Crippen LogP contribution in [0.1, 0.15) is 33.6 Å². The van der Waals surface area contributed by atoms with Gasteiger partial charge in [0.05, 0.1) is 0 Å². The molecule has 14 heavy (non-hydrogen) atoms. The minimum atomic E-state index is 0.364. The standard InChI is InChI=1S/C13H18O/c1-7-4-9(14)5-8-6-10-12(11(7)8)13(10,2)3/h5,7,10-12H,4,6H2,1-3H3/t7-,10+,11+,12?/m0/s1. The summed E-state index contributed by atoms with van der Waals surface area (Å²) in [5, 5.41) is 0. The molecule has 0 heterocycles. The molecule has 3 aliphatic carbocycles. The molecule has 76 valence electrons. The number of hydrogen-bond donors (Lipinski definition) is 0. The van der Waals surface area contributed by atoms with Crippen molar-refractivity contribution in [2.75, 3.05) is 0 Å². The van der Waals surface area contributed by atoms with Crippen LogP contribution in [-0.2, 0) is 4.79 Å². The van der Waals surface area contributed by atoms with E-state index in [1.165, 1.54) is 12.0 Å². The van der Waals surface area contributed by atoms with E-state index < -0.39 is 0 Å². The van der Waals surface area contributed by atoms with Gasteiger partial charge in [0.15, 0.2) is 5.78 Å². The van der Waals surface area contributed by atoms with Crippen molar-refractivity contribution in [1.29, 1.82) is 0 Å². The quantitative estimate of drug-likeness (QED) is 0.574. The maximum absolute atomic E-state index is 11.4. The molecule has 0 bridgehead atoms. The minimum Gasteiger partial charge on any atom is -0.295 e. The van der Waals surface area contributed by atoms with Crippen LogP contribution in [-0.4, -0.2) is 5.78 Å². The highest BCUT2D eigenvalue weighted by molar-refractivity contribution is 5.91. The van der Waals surface area contributed by atoms with Gasteiger partial charge in [0.25, 0.3) is 0 Å². The van der Waals surface area contributed by atoms with E-state index >= 15 is 0 Å². The van der Waals surface area contributed by atoms with E-state index in [0.29, 0.717) is 17.1 Å². The second-order valence-electron chi connectivity index (χ2n) is 6.05. The number of fused-ring (bicyclic) bond motifs is 3. The first kappa shape index (κ1) is 8.70. The lowest BCUT2D eigenvalue weighted by molar-refractivity contribution is -0.116. The number of rotatable bonds is 0. The molecule has 0 radical (unpaired) electrons. The number of hydrogen-bond acceptors (Lipinski definition) is 1. The fourth-order valence-electron chi connectivity index (χ4n) is 4.09. The van der Waals surface area contributed by atoms with Crippen LogP contribution in [0, 0.1) is 29.1 Å². The maximum Gasteiger partial charge on any atom is 0.155 e. The van der Waals surface area contributed by atoms with Gasteiger partial charge < -0.3 is 0 Å². The van der Waals surface area contributed by atoms with Gasteiger partial charge in [-0.05, 0) is 41.6 Å². The molecule has 2 fully saturated rings. The van der Waals surface area contributed by atoms with E-state index in [0.717, 1.165) is 24.2 Å². The average molecular weight is 190 g/mol. The van der Waals surface area contributed by atoms with Crippen molar-refractivity contribution in [3.63, 3.8) is 0 Å². The summed E-state index contributed by atoms with van der Waals surface area (Å²) in [4.78, 5) is 11.4. The molecule has 3 aliphatic rings. The molecule has 0 aromatic heterocycles. The molecule has 4 atom stereocenters. The van der Waals surface area contributed by atoms with Gasteiger partial charge in [-0.2, -0.15) is 0 Å². The molecule has 0 aliphatic heterocycles. The summed E-state index contributed by atoms with van der Waals surface area (Å²) in [6, 6.07) is 0. The van der Waals surface area contributed by atoms with Gasteiger partial charge in [-0.15, -0.1) is 0 Å². The molecular weight excluding hydrogens is 172 g/mol. The van der Waals surface area contributed by atoms with Gasteiger partial charge >= 0.3 is 0 Å². The van der Waals surface area contributed by atoms with Crippen molar-refractivity contribution in [2.45, 2.75) is 33.6 Å². The van der Waals surface area contributed by atoms with Gasteiger partial charge in [-0.3, -0.25) is 4.79 Å². The van der Waals surface area contributed by atoms with Crippen molar-refractivity contribution < 1.29 is 4.79 Å². The van der Waals surface area contributed by atoms with Crippen LogP contribution in [0.5, 0.6) is 0 Å². The van der Waals surface area contributed by atoms with Crippen molar-refractivity contribution >= 4 is 5.78 Å². The third-order valence-electron chi connectivity index (χ3n) is 4.89. The normalized spacial score (nSPS) is 48.2. The highest BCUT2D eigenvalue weighted by Crippen LogP contribution is 2.72. The van der Waals surface area contributed by atoms with Gasteiger partial charge in [-0.25, -0.2) is 0 Å². The predicted molar refractivity (Wildman–Crippen MR) is 55.7 cm³/mol. The predicted octanol–water partition coefficient (Wildman–Crippen LogP) is 2.81. The van der Waals surface area contributed by atoms with Crippen LogP contribution in [0.4, 0.5) is 0 Å². The van der Waals surface area contributed by atoms with Crippen molar-refractivity contribution in [1.82, 2.24) is 0 Å². The van der Waals surface area contributed by atoms with Gasteiger partial charge in [-0.1, -0.05) is 26.3 Å². The molecule has 0 aromatic carbocycles. The Morgan fingerprint density at radius 1 is 1.36 bits per heavy atom. The topological polar surface area (TPSA) is 17.1 Å². The minimum absolute atomic E-state index is 0.364. The summed E-state index contributed by atoms with van der Waals surface area (Å²) in [6.45, 7) is 7.04. The van der Waals surface area contributed by atoms with Crippen molar-refractivity contribution in [3.8, 4) is 0 Å². The zero-order chi connectivity index (χ0) is 10.1.